The number of imide groups is 1. The molecular formula is C19H31N5O3. The van der Waals surface area contributed by atoms with Crippen LogP contribution in [0, 0.1) is 12.8 Å². The van der Waals surface area contributed by atoms with Crippen molar-refractivity contribution in [3.8, 4) is 0 Å². The third-order valence-corrected chi connectivity index (χ3v) is 5.68. The summed E-state index contributed by atoms with van der Waals surface area (Å²) in [5.74, 6) is 0.216. The summed E-state index contributed by atoms with van der Waals surface area (Å²) in [6.45, 7) is 9.73. The van der Waals surface area contributed by atoms with E-state index in [9.17, 15) is 9.59 Å². The molecule has 1 spiro atoms. The molecule has 2 aliphatic heterocycles. The van der Waals surface area contributed by atoms with Crippen molar-refractivity contribution in [1.29, 1.82) is 0 Å². The van der Waals surface area contributed by atoms with E-state index < -0.39 is 5.54 Å². The molecule has 0 saturated carbocycles. The van der Waals surface area contributed by atoms with Crippen molar-refractivity contribution in [2.75, 3.05) is 39.9 Å². The SMILES string of the molecule is COCCN1C(=O)N(CC(C)C)C(=O)C12CCN(Cc1nc[nH]c1C)CC2. The predicted octanol–water partition coefficient (Wildman–Crippen LogP) is 1.62. The second-order valence-electron chi connectivity index (χ2n) is 8.02. The van der Waals surface area contributed by atoms with E-state index in [1.165, 1.54) is 4.90 Å². The number of H-pyrrole nitrogens is 1. The van der Waals surface area contributed by atoms with Gasteiger partial charge in [0.15, 0.2) is 0 Å². The predicted molar refractivity (Wildman–Crippen MR) is 101 cm³/mol. The van der Waals surface area contributed by atoms with Crippen molar-refractivity contribution < 1.29 is 14.3 Å². The molecule has 0 aromatic carbocycles. The summed E-state index contributed by atoms with van der Waals surface area (Å²) in [5.41, 5.74) is 1.39. The number of methoxy groups -OCH3 is 1. The molecule has 1 aromatic rings. The number of rotatable bonds is 7. The standard InChI is InChI=1S/C19H31N5O3/c1-14(2)11-23-17(25)19(24(18(23)26)9-10-27-4)5-7-22(8-6-19)12-16-15(3)20-13-21-16/h13-14H,5-12H2,1-4H3,(H,20,21). The second kappa shape index (κ2) is 7.98. The number of carbonyl (C=O) groups excluding carboxylic acids is 2. The number of likely N-dealkylation sites (tertiary alicyclic amines) is 1. The maximum atomic E-state index is 13.3. The van der Waals surface area contributed by atoms with Gasteiger partial charge in [0.05, 0.1) is 18.6 Å². The van der Waals surface area contributed by atoms with Gasteiger partial charge in [-0.15, -0.1) is 0 Å². The van der Waals surface area contributed by atoms with Crippen LogP contribution in [0.15, 0.2) is 6.33 Å². The van der Waals surface area contributed by atoms with E-state index in [1.807, 2.05) is 20.8 Å². The van der Waals surface area contributed by atoms with E-state index in [0.29, 0.717) is 32.5 Å². The number of nitrogens with one attached hydrogen (secondary N) is 1. The summed E-state index contributed by atoms with van der Waals surface area (Å²) in [5, 5.41) is 0. The molecule has 0 atom stereocenters. The number of hydrogen-bond acceptors (Lipinski definition) is 5. The molecule has 27 heavy (non-hydrogen) atoms. The Balaban J connectivity index is 1.74. The van der Waals surface area contributed by atoms with E-state index in [0.717, 1.165) is 31.0 Å². The van der Waals surface area contributed by atoms with Gasteiger partial charge in [0.25, 0.3) is 5.91 Å². The van der Waals surface area contributed by atoms with Gasteiger partial charge in [-0.3, -0.25) is 14.6 Å². The third kappa shape index (κ3) is 3.73. The third-order valence-electron chi connectivity index (χ3n) is 5.68. The van der Waals surface area contributed by atoms with E-state index in [4.69, 9.17) is 4.74 Å². The lowest BCUT2D eigenvalue weighted by Crippen LogP contribution is -2.57. The van der Waals surface area contributed by atoms with Crippen LogP contribution in [-0.2, 0) is 16.1 Å². The van der Waals surface area contributed by atoms with Crippen molar-refractivity contribution in [1.82, 2.24) is 24.7 Å². The lowest BCUT2D eigenvalue weighted by molar-refractivity contribution is -0.136. The number of carbonyl (C=O) groups is 2. The molecule has 3 heterocycles. The number of nitrogens with zero attached hydrogens (tertiary/aromatic N) is 4. The number of piperidine rings is 1. The molecule has 0 radical (unpaired) electrons. The summed E-state index contributed by atoms with van der Waals surface area (Å²) < 4.78 is 5.20. The van der Waals surface area contributed by atoms with Gasteiger partial charge in [-0.25, -0.2) is 9.78 Å². The zero-order chi connectivity index (χ0) is 19.6. The van der Waals surface area contributed by atoms with Gasteiger partial charge in [-0.2, -0.15) is 0 Å². The number of urea groups is 1. The van der Waals surface area contributed by atoms with Crippen LogP contribution in [0.2, 0.25) is 0 Å². The summed E-state index contributed by atoms with van der Waals surface area (Å²) in [7, 11) is 1.62. The lowest BCUT2D eigenvalue weighted by atomic mass is 9.85. The monoisotopic (exact) mass is 377 g/mol. The number of aromatic amines is 1. The van der Waals surface area contributed by atoms with Crippen LogP contribution in [0.1, 0.15) is 38.1 Å². The first kappa shape index (κ1) is 19.8. The van der Waals surface area contributed by atoms with E-state index in [-0.39, 0.29) is 17.9 Å². The number of aryl methyl sites for hydroxylation is 1. The fraction of sp³-hybridized carbons (Fsp3) is 0.737. The highest BCUT2D eigenvalue weighted by molar-refractivity contribution is 6.07. The van der Waals surface area contributed by atoms with Crippen LogP contribution in [0.5, 0.6) is 0 Å². The first-order chi connectivity index (χ1) is 12.9. The molecule has 1 N–H and O–H groups in total. The number of imidazole rings is 1. The number of aromatic nitrogens is 2. The van der Waals surface area contributed by atoms with Crippen molar-refractivity contribution in [3.05, 3.63) is 17.7 Å². The van der Waals surface area contributed by atoms with Crippen molar-refractivity contribution in [3.63, 3.8) is 0 Å². The summed E-state index contributed by atoms with van der Waals surface area (Å²) in [4.78, 5) is 39.2. The molecule has 3 rings (SSSR count). The van der Waals surface area contributed by atoms with E-state index >= 15 is 0 Å². The average Bonchev–Trinajstić information content (AvgIpc) is 3.11. The van der Waals surface area contributed by atoms with Crippen LogP contribution in [0.3, 0.4) is 0 Å². The number of hydrogen-bond donors (Lipinski definition) is 1. The largest absolute Gasteiger partial charge is 0.383 e. The van der Waals surface area contributed by atoms with Gasteiger partial charge in [-0.05, 0) is 25.7 Å². The van der Waals surface area contributed by atoms with Crippen LogP contribution in [0.25, 0.3) is 0 Å². The second-order valence-corrected chi connectivity index (χ2v) is 8.02. The zero-order valence-corrected chi connectivity index (χ0v) is 16.8. The molecule has 3 amide bonds. The van der Waals surface area contributed by atoms with Crippen LogP contribution in [0.4, 0.5) is 4.79 Å². The number of amides is 3. The highest BCUT2D eigenvalue weighted by Crippen LogP contribution is 2.37. The van der Waals surface area contributed by atoms with Crippen molar-refractivity contribution in [2.24, 2.45) is 5.92 Å². The highest BCUT2D eigenvalue weighted by atomic mass is 16.5. The Morgan fingerprint density at radius 1 is 1.30 bits per heavy atom. The van der Waals surface area contributed by atoms with Crippen LogP contribution in [-0.4, -0.2) is 82.0 Å². The van der Waals surface area contributed by atoms with Crippen LogP contribution >= 0.6 is 0 Å². The molecule has 2 aliphatic rings. The molecule has 0 unspecified atom stereocenters. The Labute approximate surface area is 160 Å². The van der Waals surface area contributed by atoms with Crippen LogP contribution < -0.4 is 0 Å². The van der Waals surface area contributed by atoms with Gasteiger partial charge in [0, 0.05) is 45.5 Å². The maximum absolute atomic E-state index is 13.3. The Bertz CT molecular complexity index is 679. The molecule has 2 saturated heterocycles. The van der Waals surface area contributed by atoms with Gasteiger partial charge in [0.1, 0.15) is 5.54 Å². The summed E-state index contributed by atoms with van der Waals surface area (Å²) >= 11 is 0. The van der Waals surface area contributed by atoms with Gasteiger partial charge >= 0.3 is 6.03 Å². The molecule has 1 aromatic heterocycles. The zero-order valence-electron chi connectivity index (χ0n) is 16.8. The quantitative estimate of drug-likeness (QED) is 0.730. The summed E-state index contributed by atoms with van der Waals surface area (Å²) in [6.07, 6.45) is 3.02. The van der Waals surface area contributed by atoms with E-state index in [2.05, 4.69) is 14.9 Å². The normalized spacial score (nSPS) is 20.5. The fourth-order valence-corrected chi connectivity index (χ4v) is 4.12. The molecule has 150 valence electrons. The highest BCUT2D eigenvalue weighted by Gasteiger charge is 2.57. The van der Waals surface area contributed by atoms with Crippen molar-refractivity contribution >= 4 is 11.9 Å². The topological polar surface area (TPSA) is 81.8 Å². The smallest absolute Gasteiger partial charge is 0.327 e. The first-order valence-electron chi connectivity index (χ1n) is 9.72. The minimum absolute atomic E-state index is 0.0343. The molecule has 0 bridgehead atoms. The Kier molecular flexibility index (Phi) is 5.86. The fourth-order valence-electron chi connectivity index (χ4n) is 4.12. The molecular weight excluding hydrogens is 346 g/mol. The average molecular weight is 377 g/mol. The Morgan fingerprint density at radius 3 is 2.56 bits per heavy atom. The minimum Gasteiger partial charge on any atom is -0.383 e. The number of ether oxygens (including phenoxy) is 1. The molecule has 0 aliphatic carbocycles. The maximum Gasteiger partial charge on any atom is 0.327 e. The Morgan fingerprint density at radius 2 is 2.00 bits per heavy atom. The molecule has 8 nitrogen and oxygen atoms in total. The van der Waals surface area contributed by atoms with Gasteiger partial charge in [0.2, 0.25) is 0 Å². The molecule has 8 heteroatoms. The lowest BCUT2D eigenvalue weighted by Gasteiger charge is -2.42. The summed E-state index contributed by atoms with van der Waals surface area (Å²) in [6, 6.07) is -0.164. The first-order valence-corrected chi connectivity index (χ1v) is 9.72. The van der Waals surface area contributed by atoms with Crippen molar-refractivity contribution in [2.45, 2.75) is 45.7 Å². The van der Waals surface area contributed by atoms with Gasteiger partial charge in [-0.1, -0.05) is 13.8 Å². The van der Waals surface area contributed by atoms with Gasteiger partial charge < -0.3 is 14.6 Å². The Hall–Kier alpha value is -1.93. The molecule has 2 fully saturated rings. The minimum atomic E-state index is -0.721. The van der Waals surface area contributed by atoms with E-state index in [1.54, 1.807) is 18.3 Å².